The molecule has 4 aliphatic rings. The molecule has 2 saturated carbocycles. The number of aliphatic hydroxyl groups excluding tert-OH is 2. The molecule has 3 fully saturated rings. The minimum Gasteiger partial charge on any atom is -0.389 e. The fraction of sp³-hybridized carbons (Fsp3) is 0.870. The van der Waals surface area contributed by atoms with Gasteiger partial charge in [-0.1, -0.05) is 27.7 Å². The fourth-order valence-corrected chi connectivity index (χ4v) is 7.67. The largest absolute Gasteiger partial charge is 0.389 e. The van der Waals surface area contributed by atoms with E-state index in [2.05, 4.69) is 0 Å². The summed E-state index contributed by atoms with van der Waals surface area (Å²) in [5.41, 5.74) is -5.40. The number of aliphatic hydroxyl groups is 4. The quantitative estimate of drug-likeness (QED) is 0.291. The summed E-state index contributed by atoms with van der Waals surface area (Å²) in [7, 11) is 1.52. The van der Waals surface area contributed by atoms with E-state index in [0.29, 0.717) is 17.6 Å². The Hall–Kier alpha value is 2.05. The van der Waals surface area contributed by atoms with Crippen molar-refractivity contribution in [3.8, 4) is 0 Å². The van der Waals surface area contributed by atoms with E-state index in [0.717, 1.165) is 0 Å². The van der Waals surface area contributed by atoms with Crippen molar-refractivity contribution in [2.24, 2.45) is 22.2 Å². The number of Topliss-reactive ketones (excluding diaryl/α,β-unsaturated/α-hetero) is 1. The van der Waals surface area contributed by atoms with Crippen LogP contribution in [-0.2, 0) is 14.3 Å². The Bertz CT molecular complexity index is 831. The summed E-state index contributed by atoms with van der Waals surface area (Å²) >= 11 is 0. The van der Waals surface area contributed by atoms with E-state index in [1.807, 2.05) is 27.7 Å². The van der Waals surface area contributed by atoms with Gasteiger partial charge in [-0.25, -0.2) is 0 Å². The SMILES string of the molecule is COC1CC2OCC2(O)C2(C)[C@H](C)C3(O)CC(O)C(C)=C(C(O)C(=O)[C@]12C)C3(C)C.[Ac].[Ac]. The Morgan fingerprint density at radius 1 is 1.06 bits per heavy atom. The average molecular weight is 879 g/mol. The molecule has 4 N–H and O–H groups in total. The Labute approximate surface area is 262 Å². The first kappa shape index (κ1) is 30.3. The molecular weight excluding hydrogens is 842 g/mol. The molecule has 2 radical (unpaired) electrons. The molecule has 1 saturated heterocycles. The Morgan fingerprint density at radius 2 is 1.62 bits per heavy atom. The van der Waals surface area contributed by atoms with Crippen LogP contribution in [-0.4, -0.2) is 75.5 Å². The van der Waals surface area contributed by atoms with Crippen LogP contribution in [0.15, 0.2) is 11.1 Å². The van der Waals surface area contributed by atoms with E-state index in [1.54, 1.807) is 13.8 Å². The van der Waals surface area contributed by atoms with Crippen LogP contribution < -0.4 is 0 Å². The standard InChI is InChI=1S/C23H36O7.2Ac/c1-11-13(24)9-22(27)12(2)21(6)20(5,18(26)17(25)16(11)19(22,3)4)14(29-7)8-15-23(21,28)10-30-15;;/h12-15,17,24-25,27-28H,8-10H2,1-7H3;;/t12-,13?,14?,15?,17?,20-,21?,22?,23?;;/m0../s1. The summed E-state index contributed by atoms with van der Waals surface area (Å²) in [4.78, 5) is 14.1. The Kier molecular flexibility index (Phi) is 8.62. The van der Waals surface area contributed by atoms with Gasteiger partial charge in [-0.05, 0) is 30.9 Å². The predicted octanol–water partition coefficient (Wildman–Crippen LogP) is 0.966. The van der Waals surface area contributed by atoms with Crippen LogP contribution in [0, 0.1) is 110 Å². The normalized spacial score (nSPS) is 51.7. The van der Waals surface area contributed by atoms with E-state index >= 15 is 0 Å². The maximum atomic E-state index is 14.1. The molecule has 0 aromatic heterocycles. The van der Waals surface area contributed by atoms with Crippen molar-refractivity contribution in [2.75, 3.05) is 13.7 Å². The summed E-state index contributed by atoms with van der Waals surface area (Å²) in [5, 5.41) is 46.3. The monoisotopic (exact) mass is 878 g/mol. The van der Waals surface area contributed by atoms with Gasteiger partial charge in [0, 0.05) is 119 Å². The zero-order valence-corrected chi connectivity index (χ0v) is 29.7. The van der Waals surface area contributed by atoms with Gasteiger partial charge < -0.3 is 29.9 Å². The number of methoxy groups -OCH3 is 1. The molecule has 1 aliphatic heterocycles. The van der Waals surface area contributed by atoms with Crippen LogP contribution in [0.25, 0.3) is 0 Å². The third-order valence-electron chi connectivity index (χ3n) is 10.2. The van der Waals surface area contributed by atoms with Gasteiger partial charge in [-0.2, -0.15) is 0 Å². The van der Waals surface area contributed by atoms with Crippen LogP contribution in [0.2, 0.25) is 0 Å². The number of fused-ring (bicyclic) bond motifs is 5. The summed E-state index contributed by atoms with van der Waals surface area (Å²) in [6.07, 6.45) is -3.24. The summed E-state index contributed by atoms with van der Waals surface area (Å²) in [5.74, 6) is -1.06. The van der Waals surface area contributed by atoms with Crippen molar-refractivity contribution in [3.05, 3.63) is 11.1 Å². The third-order valence-corrected chi connectivity index (χ3v) is 10.2. The number of carbonyl (C=O) groups is 1. The van der Waals surface area contributed by atoms with Crippen molar-refractivity contribution < 1.29 is 123 Å². The zero-order valence-electron chi connectivity index (χ0n) is 20.2. The van der Waals surface area contributed by atoms with Crippen molar-refractivity contribution in [1.82, 2.24) is 0 Å². The van der Waals surface area contributed by atoms with E-state index in [-0.39, 0.29) is 101 Å². The van der Waals surface area contributed by atoms with E-state index in [9.17, 15) is 25.2 Å². The molecule has 0 spiro atoms. The molecule has 9 atom stereocenters. The first-order valence-electron chi connectivity index (χ1n) is 10.9. The van der Waals surface area contributed by atoms with Crippen LogP contribution in [0.5, 0.6) is 0 Å². The van der Waals surface area contributed by atoms with Crippen molar-refractivity contribution >= 4 is 5.78 Å². The number of hydrogen-bond donors (Lipinski definition) is 4. The maximum Gasteiger partial charge on any atom is 0.174 e. The summed E-state index contributed by atoms with van der Waals surface area (Å²) in [6, 6.07) is 0. The zero-order chi connectivity index (χ0) is 22.7. The molecule has 1 heterocycles. The number of hydrogen-bond acceptors (Lipinski definition) is 7. The van der Waals surface area contributed by atoms with Crippen LogP contribution in [0.4, 0.5) is 0 Å². The first-order valence-corrected chi connectivity index (χ1v) is 10.9. The van der Waals surface area contributed by atoms with Crippen LogP contribution >= 0.6 is 0 Å². The minimum absolute atomic E-state index is 0. The van der Waals surface area contributed by atoms with Gasteiger partial charge in [-0.3, -0.25) is 4.79 Å². The van der Waals surface area contributed by atoms with Crippen molar-refractivity contribution in [3.63, 3.8) is 0 Å². The second-order valence-electron chi connectivity index (χ2n) is 10.9. The maximum absolute atomic E-state index is 14.1. The molecule has 0 aromatic rings. The van der Waals surface area contributed by atoms with Crippen LogP contribution in [0.3, 0.4) is 0 Å². The number of ketones is 1. The van der Waals surface area contributed by atoms with Gasteiger partial charge in [0.25, 0.3) is 0 Å². The Morgan fingerprint density at radius 3 is 2.09 bits per heavy atom. The molecule has 0 amide bonds. The molecule has 9 heteroatoms. The molecule has 2 bridgehead atoms. The number of rotatable bonds is 1. The molecular formula is C23H36Ac2O7. The topological polar surface area (TPSA) is 116 Å². The molecule has 0 aromatic carbocycles. The molecule has 4 rings (SSSR count). The minimum atomic E-state index is -1.52. The second-order valence-corrected chi connectivity index (χ2v) is 10.9. The third kappa shape index (κ3) is 3.21. The number of carbonyl (C=O) groups excluding carboxylic acids is 1. The average Bonchev–Trinajstić information content (AvgIpc) is 2.67. The van der Waals surface area contributed by atoms with Crippen LogP contribution in [0.1, 0.15) is 54.4 Å². The number of ether oxygens (including phenoxy) is 2. The molecule has 3 aliphatic carbocycles. The second kappa shape index (κ2) is 9.11. The summed E-state index contributed by atoms with van der Waals surface area (Å²) in [6.45, 7) is 10.8. The van der Waals surface area contributed by atoms with Gasteiger partial charge in [0.2, 0.25) is 0 Å². The fourth-order valence-electron chi connectivity index (χ4n) is 7.67. The van der Waals surface area contributed by atoms with Gasteiger partial charge in [0.05, 0.1) is 35.9 Å². The van der Waals surface area contributed by atoms with E-state index < -0.39 is 63.6 Å². The summed E-state index contributed by atoms with van der Waals surface area (Å²) < 4.78 is 11.5. The van der Waals surface area contributed by atoms with Crippen molar-refractivity contribution in [2.45, 2.75) is 90.0 Å². The van der Waals surface area contributed by atoms with Crippen molar-refractivity contribution in [1.29, 1.82) is 0 Å². The van der Waals surface area contributed by atoms with E-state index in [4.69, 9.17) is 9.47 Å². The molecule has 176 valence electrons. The molecule has 7 unspecified atom stereocenters. The Balaban J connectivity index is 0.00000181. The van der Waals surface area contributed by atoms with E-state index in [1.165, 1.54) is 7.11 Å². The molecule has 7 nitrogen and oxygen atoms in total. The van der Waals surface area contributed by atoms with Gasteiger partial charge >= 0.3 is 0 Å². The van der Waals surface area contributed by atoms with Gasteiger partial charge in [0.1, 0.15) is 11.7 Å². The first-order chi connectivity index (χ1) is 13.7. The molecule has 32 heavy (non-hydrogen) atoms. The van der Waals surface area contributed by atoms with Gasteiger partial charge in [0.15, 0.2) is 5.78 Å². The predicted molar refractivity (Wildman–Crippen MR) is 109 cm³/mol. The van der Waals surface area contributed by atoms with Gasteiger partial charge in [-0.15, -0.1) is 0 Å². The smallest absolute Gasteiger partial charge is 0.174 e.